The molecule has 22 heavy (non-hydrogen) atoms. The molecule has 1 rings (SSSR count). The molecule has 0 saturated heterocycles. The molecule has 0 fully saturated rings. The lowest BCUT2D eigenvalue weighted by atomic mass is 10.1. The number of amides is 1. The van der Waals surface area contributed by atoms with E-state index in [1.54, 1.807) is 33.5 Å². The molecule has 6 nitrogen and oxygen atoms in total. The number of hydrogen-bond acceptors (Lipinski definition) is 5. The molecule has 0 saturated carbocycles. The van der Waals surface area contributed by atoms with E-state index >= 15 is 0 Å². The molecule has 0 aromatic heterocycles. The topological polar surface area (TPSA) is 68.8 Å². The van der Waals surface area contributed by atoms with Crippen molar-refractivity contribution in [2.24, 2.45) is 0 Å². The predicted octanol–water partition coefficient (Wildman–Crippen LogP) is 1.02. The van der Waals surface area contributed by atoms with Crippen LogP contribution in [0.3, 0.4) is 0 Å². The number of hydrogen-bond donors (Lipinski definition) is 2. The number of methoxy groups -OCH3 is 3. The lowest BCUT2D eigenvalue weighted by Crippen LogP contribution is -2.33. The summed E-state index contributed by atoms with van der Waals surface area (Å²) in [6.45, 7) is 2.73. The van der Waals surface area contributed by atoms with E-state index < -0.39 is 0 Å². The first-order valence-electron chi connectivity index (χ1n) is 6.88. The van der Waals surface area contributed by atoms with Crippen LogP contribution in [-0.4, -0.2) is 53.5 Å². The summed E-state index contributed by atoms with van der Waals surface area (Å²) >= 11 is 0. The Hall–Kier alpha value is -1.50. The van der Waals surface area contributed by atoms with Crippen molar-refractivity contribution in [2.45, 2.75) is 6.42 Å². The minimum atomic E-state index is -0.0462. The van der Waals surface area contributed by atoms with Crippen LogP contribution in [-0.2, 0) is 16.0 Å². The minimum absolute atomic E-state index is 0. The standard InChI is InChI=1S/C15H24N2O4.ClH/c1-19-9-8-16-6-7-17-15(18)11-12-10-13(20-2)4-5-14(12)21-3;/h4-5,10,16H,6-9,11H2,1-3H3,(H,17,18);1H. The molecule has 1 aromatic carbocycles. The van der Waals surface area contributed by atoms with E-state index in [2.05, 4.69) is 10.6 Å². The molecule has 0 spiro atoms. The first kappa shape index (κ1) is 20.5. The summed E-state index contributed by atoms with van der Waals surface area (Å²) in [4.78, 5) is 11.9. The van der Waals surface area contributed by atoms with Crippen molar-refractivity contribution in [3.63, 3.8) is 0 Å². The molecule has 0 radical (unpaired) electrons. The molecule has 2 N–H and O–H groups in total. The number of halogens is 1. The largest absolute Gasteiger partial charge is 0.497 e. The summed E-state index contributed by atoms with van der Waals surface area (Å²) in [6, 6.07) is 5.42. The molecule has 0 aliphatic rings. The van der Waals surface area contributed by atoms with E-state index in [1.165, 1.54) is 0 Å². The van der Waals surface area contributed by atoms with Crippen LogP contribution < -0.4 is 20.1 Å². The summed E-state index contributed by atoms with van der Waals surface area (Å²) in [5.41, 5.74) is 0.807. The van der Waals surface area contributed by atoms with Crippen LogP contribution in [0.4, 0.5) is 0 Å². The monoisotopic (exact) mass is 332 g/mol. The van der Waals surface area contributed by atoms with Crippen LogP contribution in [0.15, 0.2) is 18.2 Å². The molecule has 1 aromatic rings. The fourth-order valence-corrected chi connectivity index (χ4v) is 1.85. The number of nitrogens with one attached hydrogen (secondary N) is 2. The Morgan fingerprint density at radius 3 is 2.50 bits per heavy atom. The van der Waals surface area contributed by atoms with Gasteiger partial charge in [-0.3, -0.25) is 4.79 Å². The Morgan fingerprint density at radius 1 is 1.09 bits per heavy atom. The van der Waals surface area contributed by atoms with Gasteiger partial charge in [0.2, 0.25) is 5.91 Å². The molecule has 7 heteroatoms. The van der Waals surface area contributed by atoms with Gasteiger partial charge in [0.15, 0.2) is 0 Å². The number of rotatable bonds is 10. The Kier molecular flexibility index (Phi) is 11.3. The molecule has 0 aliphatic heterocycles. The minimum Gasteiger partial charge on any atom is -0.497 e. The van der Waals surface area contributed by atoms with Gasteiger partial charge in [-0.2, -0.15) is 0 Å². The smallest absolute Gasteiger partial charge is 0.224 e. The highest BCUT2D eigenvalue weighted by Crippen LogP contribution is 2.24. The fraction of sp³-hybridized carbons (Fsp3) is 0.533. The van der Waals surface area contributed by atoms with Crippen molar-refractivity contribution < 1.29 is 19.0 Å². The van der Waals surface area contributed by atoms with Gasteiger partial charge >= 0.3 is 0 Å². The summed E-state index contributed by atoms with van der Waals surface area (Å²) in [6.07, 6.45) is 0.262. The zero-order chi connectivity index (χ0) is 15.5. The van der Waals surface area contributed by atoms with Crippen LogP contribution in [0.2, 0.25) is 0 Å². The van der Waals surface area contributed by atoms with Gasteiger partial charge in [0.1, 0.15) is 11.5 Å². The second-order valence-electron chi connectivity index (χ2n) is 4.45. The van der Waals surface area contributed by atoms with E-state index in [9.17, 15) is 4.79 Å². The molecule has 0 atom stereocenters. The SMILES string of the molecule is COCCNCCNC(=O)Cc1cc(OC)ccc1OC.Cl. The van der Waals surface area contributed by atoms with Crippen LogP contribution in [0.25, 0.3) is 0 Å². The van der Waals surface area contributed by atoms with Crippen LogP contribution in [0, 0.1) is 0 Å². The van der Waals surface area contributed by atoms with Crippen molar-refractivity contribution >= 4 is 18.3 Å². The van der Waals surface area contributed by atoms with E-state index in [-0.39, 0.29) is 24.7 Å². The first-order valence-corrected chi connectivity index (χ1v) is 6.88. The Bertz CT molecular complexity index is 444. The van der Waals surface area contributed by atoms with Crippen LogP contribution >= 0.6 is 12.4 Å². The van der Waals surface area contributed by atoms with Crippen LogP contribution in [0.5, 0.6) is 11.5 Å². The lowest BCUT2D eigenvalue weighted by Gasteiger charge is -2.11. The van der Waals surface area contributed by atoms with Crippen molar-refractivity contribution in [2.75, 3.05) is 47.6 Å². The van der Waals surface area contributed by atoms with Crippen molar-refractivity contribution in [1.82, 2.24) is 10.6 Å². The highest BCUT2D eigenvalue weighted by Gasteiger charge is 2.09. The van der Waals surface area contributed by atoms with E-state index in [4.69, 9.17) is 14.2 Å². The van der Waals surface area contributed by atoms with E-state index in [1.807, 2.05) is 6.07 Å². The van der Waals surface area contributed by atoms with Gasteiger partial charge in [0.05, 0.1) is 27.2 Å². The van der Waals surface area contributed by atoms with Gasteiger partial charge in [-0.15, -0.1) is 12.4 Å². The third-order valence-corrected chi connectivity index (χ3v) is 2.95. The molecule has 1 amide bonds. The van der Waals surface area contributed by atoms with E-state index in [0.29, 0.717) is 31.2 Å². The molecule has 126 valence electrons. The molecule has 0 unspecified atom stereocenters. The Labute approximate surface area is 137 Å². The molecule has 0 bridgehead atoms. The third-order valence-electron chi connectivity index (χ3n) is 2.95. The summed E-state index contributed by atoms with van der Waals surface area (Å²) in [7, 11) is 4.84. The maximum Gasteiger partial charge on any atom is 0.224 e. The van der Waals surface area contributed by atoms with Crippen molar-refractivity contribution in [3.8, 4) is 11.5 Å². The second kappa shape index (κ2) is 12.1. The van der Waals surface area contributed by atoms with Gasteiger partial charge < -0.3 is 24.8 Å². The maximum atomic E-state index is 11.9. The van der Waals surface area contributed by atoms with Crippen LogP contribution in [0.1, 0.15) is 5.56 Å². The maximum absolute atomic E-state index is 11.9. The average Bonchev–Trinajstić information content (AvgIpc) is 2.50. The molecular formula is C15H25ClN2O4. The zero-order valence-corrected chi connectivity index (χ0v) is 14.1. The Balaban J connectivity index is 0.00000441. The highest BCUT2D eigenvalue weighted by molar-refractivity contribution is 5.85. The lowest BCUT2D eigenvalue weighted by molar-refractivity contribution is -0.120. The second-order valence-corrected chi connectivity index (χ2v) is 4.45. The van der Waals surface area contributed by atoms with Gasteiger partial charge in [-0.25, -0.2) is 0 Å². The third kappa shape index (κ3) is 7.49. The van der Waals surface area contributed by atoms with Gasteiger partial charge in [-0.1, -0.05) is 0 Å². The molecular weight excluding hydrogens is 308 g/mol. The highest BCUT2D eigenvalue weighted by atomic mass is 35.5. The Morgan fingerprint density at radius 2 is 1.86 bits per heavy atom. The predicted molar refractivity (Wildman–Crippen MR) is 88.3 cm³/mol. The van der Waals surface area contributed by atoms with Gasteiger partial charge in [0.25, 0.3) is 0 Å². The number of carbonyl (C=O) groups excluding carboxylic acids is 1. The van der Waals surface area contributed by atoms with Gasteiger partial charge in [0, 0.05) is 32.3 Å². The summed E-state index contributed by atoms with van der Waals surface area (Å²) in [5.74, 6) is 1.35. The normalized spacial score (nSPS) is 9.77. The van der Waals surface area contributed by atoms with E-state index in [0.717, 1.165) is 12.1 Å². The number of ether oxygens (including phenoxy) is 3. The number of benzene rings is 1. The summed E-state index contributed by atoms with van der Waals surface area (Å²) in [5, 5.41) is 6.02. The number of carbonyl (C=O) groups is 1. The quantitative estimate of drug-likeness (QED) is 0.626. The molecule has 0 aliphatic carbocycles. The van der Waals surface area contributed by atoms with Crippen molar-refractivity contribution in [3.05, 3.63) is 23.8 Å². The zero-order valence-electron chi connectivity index (χ0n) is 13.3. The fourth-order valence-electron chi connectivity index (χ4n) is 1.85. The van der Waals surface area contributed by atoms with Crippen molar-refractivity contribution in [1.29, 1.82) is 0 Å². The first-order chi connectivity index (χ1) is 10.2. The molecule has 0 heterocycles. The summed E-state index contributed by atoms with van der Waals surface area (Å²) < 4.78 is 15.3. The average molecular weight is 333 g/mol. The van der Waals surface area contributed by atoms with Gasteiger partial charge in [-0.05, 0) is 18.2 Å².